The monoisotopic (exact) mass is 513 g/mol. The van der Waals surface area contributed by atoms with E-state index in [0.29, 0.717) is 13.1 Å². The van der Waals surface area contributed by atoms with Gasteiger partial charge in [-0.25, -0.2) is 4.98 Å². The zero-order chi connectivity index (χ0) is 26.5. The largest absolute Gasteiger partial charge is 0.469 e. The Bertz CT molecular complexity index is 1260. The van der Waals surface area contributed by atoms with Gasteiger partial charge in [0.15, 0.2) is 0 Å². The minimum atomic E-state index is -0.121. The lowest BCUT2D eigenvalue weighted by Crippen LogP contribution is -2.42. The van der Waals surface area contributed by atoms with E-state index in [0.717, 1.165) is 72.1 Å². The van der Waals surface area contributed by atoms with Crippen LogP contribution in [0.5, 0.6) is 0 Å². The van der Waals surface area contributed by atoms with Crippen LogP contribution >= 0.6 is 0 Å². The van der Waals surface area contributed by atoms with Gasteiger partial charge in [0.1, 0.15) is 0 Å². The van der Waals surface area contributed by atoms with Crippen molar-refractivity contribution in [3.63, 3.8) is 0 Å². The number of hydrogen-bond acceptors (Lipinski definition) is 5. The quantitative estimate of drug-likeness (QED) is 0.358. The number of carbonyl (C=O) groups is 2. The van der Waals surface area contributed by atoms with Crippen LogP contribution in [-0.2, 0) is 16.1 Å². The summed E-state index contributed by atoms with van der Waals surface area (Å²) >= 11 is 0. The first-order valence-electron chi connectivity index (χ1n) is 14.2. The lowest BCUT2D eigenvalue weighted by molar-refractivity contribution is -0.147. The number of rotatable bonds is 7. The highest BCUT2D eigenvalue weighted by molar-refractivity contribution is 6.09. The molecule has 0 N–H and O–H groups in total. The van der Waals surface area contributed by atoms with Crippen LogP contribution in [-0.4, -0.2) is 59.4 Å². The summed E-state index contributed by atoms with van der Waals surface area (Å²) in [5, 5.41) is 0.922. The molecule has 1 amide bonds. The first-order chi connectivity index (χ1) is 18.6. The third-order valence-corrected chi connectivity index (χ3v) is 8.38. The molecule has 6 nitrogen and oxygen atoms in total. The fourth-order valence-corrected chi connectivity index (χ4v) is 6.31. The molecular weight excluding hydrogens is 474 g/mol. The number of amides is 1. The molecule has 6 heteroatoms. The molecular formula is C32H39N3O3. The van der Waals surface area contributed by atoms with E-state index < -0.39 is 0 Å². The summed E-state index contributed by atoms with van der Waals surface area (Å²) in [4.78, 5) is 36.3. The van der Waals surface area contributed by atoms with Gasteiger partial charge in [0, 0.05) is 35.6 Å². The molecule has 0 bridgehead atoms. The summed E-state index contributed by atoms with van der Waals surface area (Å²) in [6.45, 7) is 5.00. The van der Waals surface area contributed by atoms with E-state index in [1.165, 1.54) is 26.4 Å². The van der Waals surface area contributed by atoms with E-state index in [4.69, 9.17) is 9.72 Å². The van der Waals surface area contributed by atoms with Gasteiger partial charge in [-0.1, -0.05) is 67.8 Å². The summed E-state index contributed by atoms with van der Waals surface area (Å²) in [7, 11) is 1.46. The number of ether oxygens (including phenoxy) is 1. The van der Waals surface area contributed by atoms with E-state index in [1.807, 2.05) is 42.5 Å². The number of methoxy groups -OCH3 is 1. The molecule has 0 spiro atoms. The van der Waals surface area contributed by atoms with Crippen molar-refractivity contribution >= 4 is 22.8 Å². The Labute approximate surface area is 226 Å². The average Bonchev–Trinajstić information content (AvgIpc) is 2.98. The third kappa shape index (κ3) is 5.46. The number of benzene rings is 2. The van der Waals surface area contributed by atoms with E-state index in [1.54, 1.807) is 0 Å². The molecule has 1 aliphatic carbocycles. The molecule has 1 aliphatic heterocycles. The van der Waals surface area contributed by atoms with Crippen molar-refractivity contribution in [3.8, 4) is 11.3 Å². The van der Waals surface area contributed by atoms with Gasteiger partial charge in [0.05, 0.1) is 29.8 Å². The molecule has 3 aromatic rings. The number of likely N-dealkylation sites (tertiary alicyclic amines) is 1. The average molecular weight is 514 g/mol. The van der Waals surface area contributed by atoms with Crippen LogP contribution in [0.2, 0.25) is 0 Å². The molecule has 1 saturated heterocycles. The fraction of sp³-hybridized carbons (Fsp3) is 0.469. The van der Waals surface area contributed by atoms with Crippen LogP contribution in [0.25, 0.3) is 22.2 Å². The number of aromatic nitrogens is 1. The highest BCUT2D eigenvalue weighted by Crippen LogP contribution is 2.34. The lowest BCUT2D eigenvalue weighted by atomic mass is 9.91. The zero-order valence-electron chi connectivity index (χ0n) is 22.7. The van der Waals surface area contributed by atoms with Crippen molar-refractivity contribution in [1.29, 1.82) is 0 Å². The van der Waals surface area contributed by atoms with Crippen molar-refractivity contribution in [2.45, 2.75) is 64.5 Å². The first kappa shape index (κ1) is 26.4. The predicted molar refractivity (Wildman–Crippen MR) is 151 cm³/mol. The molecule has 0 radical (unpaired) electrons. The van der Waals surface area contributed by atoms with Crippen LogP contribution in [0.1, 0.15) is 67.8 Å². The molecule has 5 rings (SSSR count). The number of para-hydroxylation sites is 1. The second-order valence-electron chi connectivity index (χ2n) is 10.7. The van der Waals surface area contributed by atoms with Crippen molar-refractivity contribution in [2.75, 3.05) is 26.7 Å². The Balaban J connectivity index is 1.60. The Morgan fingerprint density at radius 1 is 0.947 bits per heavy atom. The van der Waals surface area contributed by atoms with E-state index in [-0.39, 0.29) is 23.8 Å². The lowest BCUT2D eigenvalue weighted by Gasteiger charge is -2.35. The molecule has 2 aromatic carbocycles. The maximum Gasteiger partial charge on any atom is 0.308 e. The second kappa shape index (κ2) is 12.1. The first-order valence-corrected chi connectivity index (χ1v) is 14.2. The predicted octanol–water partition coefficient (Wildman–Crippen LogP) is 6.08. The van der Waals surface area contributed by atoms with Crippen LogP contribution < -0.4 is 0 Å². The summed E-state index contributed by atoms with van der Waals surface area (Å²) < 4.78 is 5.00. The molecule has 0 atom stereocenters. The summed E-state index contributed by atoms with van der Waals surface area (Å²) in [6, 6.07) is 18.6. The third-order valence-electron chi connectivity index (χ3n) is 8.38. The van der Waals surface area contributed by atoms with Gasteiger partial charge < -0.3 is 9.64 Å². The minimum Gasteiger partial charge on any atom is -0.469 e. The molecule has 2 aliphatic rings. The van der Waals surface area contributed by atoms with E-state index >= 15 is 0 Å². The van der Waals surface area contributed by atoms with Gasteiger partial charge in [-0.05, 0) is 51.8 Å². The van der Waals surface area contributed by atoms with Crippen LogP contribution in [0.15, 0.2) is 54.6 Å². The van der Waals surface area contributed by atoms with Crippen LogP contribution in [0, 0.1) is 5.92 Å². The molecule has 200 valence electrons. The molecule has 2 fully saturated rings. The maximum absolute atomic E-state index is 14.5. The van der Waals surface area contributed by atoms with Gasteiger partial charge in [-0.15, -0.1) is 0 Å². The topological polar surface area (TPSA) is 62.7 Å². The minimum absolute atomic E-state index is 0.0532. The Hall–Kier alpha value is -3.25. The Morgan fingerprint density at radius 2 is 1.63 bits per heavy atom. The van der Waals surface area contributed by atoms with Crippen molar-refractivity contribution < 1.29 is 14.3 Å². The number of fused-ring (bicyclic) bond motifs is 1. The molecule has 1 saturated carbocycles. The SMILES string of the molecule is CCN(C(=O)c1c(CN2CCC(C(=O)OC)CC2)c(-c2ccccc2)nc2ccccc12)C1CCCCC1. The standard InChI is InChI=1S/C32H39N3O3/c1-3-35(25-14-8-5-9-15-25)31(36)29-26-16-10-11-17-28(26)33-30(23-12-6-4-7-13-23)27(29)22-34-20-18-24(19-21-34)32(37)38-2/h4,6-7,10-13,16-17,24-25H,3,5,8-9,14-15,18-22H2,1-2H3. The highest BCUT2D eigenvalue weighted by Gasteiger charge is 2.32. The smallest absolute Gasteiger partial charge is 0.308 e. The number of pyridine rings is 1. The van der Waals surface area contributed by atoms with Gasteiger partial charge in [0.2, 0.25) is 0 Å². The highest BCUT2D eigenvalue weighted by atomic mass is 16.5. The van der Waals surface area contributed by atoms with Crippen molar-refractivity contribution in [2.24, 2.45) is 5.92 Å². The van der Waals surface area contributed by atoms with Gasteiger partial charge in [-0.3, -0.25) is 14.5 Å². The number of piperidine rings is 1. The van der Waals surface area contributed by atoms with Crippen LogP contribution in [0.4, 0.5) is 0 Å². The van der Waals surface area contributed by atoms with E-state index in [9.17, 15) is 9.59 Å². The Morgan fingerprint density at radius 3 is 2.32 bits per heavy atom. The number of hydrogen-bond donors (Lipinski definition) is 0. The molecule has 0 unspecified atom stereocenters. The van der Waals surface area contributed by atoms with Crippen LogP contribution in [0.3, 0.4) is 0 Å². The van der Waals surface area contributed by atoms with E-state index in [2.05, 4.69) is 28.9 Å². The van der Waals surface area contributed by atoms with Gasteiger partial charge in [-0.2, -0.15) is 0 Å². The van der Waals surface area contributed by atoms with Gasteiger partial charge in [0.25, 0.3) is 5.91 Å². The maximum atomic E-state index is 14.5. The second-order valence-corrected chi connectivity index (χ2v) is 10.7. The Kier molecular flexibility index (Phi) is 8.38. The summed E-state index contributed by atoms with van der Waals surface area (Å²) in [5.74, 6) is -0.0545. The molecule has 1 aromatic heterocycles. The summed E-state index contributed by atoms with van der Waals surface area (Å²) in [6.07, 6.45) is 7.30. The van der Waals surface area contributed by atoms with Crippen molar-refractivity contribution in [3.05, 3.63) is 65.7 Å². The normalized spacial score (nSPS) is 17.4. The zero-order valence-corrected chi connectivity index (χ0v) is 22.7. The number of nitrogens with zero attached hydrogens (tertiary/aromatic N) is 3. The molecule has 38 heavy (non-hydrogen) atoms. The van der Waals surface area contributed by atoms with Crippen molar-refractivity contribution in [1.82, 2.24) is 14.8 Å². The fourth-order valence-electron chi connectivity index (χ4n) is 6.31. The summed E-state index contributed by atoms with van der Waals surface area (Å²) in [5.41, 5.74) is 4.53. The number of esters is 1. The number of carbonyl (C=O) groups excluding carboxylic acids is 2. The molecule has 2 heterocycles. The van der Waals surface area contributed by atoms with Gasteiger partial charge >= 0.3 is 5.97 Å².